The first-order chi connectivity index (χ1) is 5.88. The van der Waals surface area contributed by atoms with Crippen molar-refractivity contribution in [3.05, 3.63) is 30.1 Å². The van der Waals surface area contributed by atoms with Crippen LogP contribution in [-0.4, -0.2) is 25.2 Å². The van der Waals surface area contributed by atoms with Gasteiger partial charge in [0.1, 0.15) is 0 Å². The van der Waals surface area contributed by atoms with E-state index in [1.807, 2.05) is 18.2 Å². The molecule has 0 radical (unpaired) electrons. The number of pyridine rings is 1. The van der Waals surface area contributed by atoms with Crippen LogP contribution in [0.4, 0.5) is 0 Å². The third-order valence-corrected chi connectivity index (χ3v) is 1.76. The summed E-state index contributed by atoms with van der Waals surface area (Å²) in [5.41, 5.74) is 6.57. The fraction of sp³-hybridized carbons (Fsp3) is 0.444. The molecule has 0 saturated heterocycles. The molecule has 1 aromatic rings. The van der Waals surface area contributed by atoms with Crippen LogP contribution >= 0.6 is 0 Å². The topological polar surface area (TPSA) is 48.1 Å². The summed E-state index contributed by atoms with van der Waals surface area (Å²) >= 11 is 0. The van der Waals surface area contributed by atoms with Crippen LogP contribution in [0.25, 0.3) is 0 Å². The summed E-state index contributed by atoms with van der Waals surface area (Å²) in [5, 5.41) is 0. The third-order valence-electron chi connectivity index (χ3n) is 1.76. The number of rotatable bonds is 4. The predicted molar refractivity (Wildman–Crippen MR) is 47.9 cm³/mol. The number of hydrogen-bond donors (Lipinski definition) is 1. The van der Waals surface area contributed by atoms with Crippen LogP contribution in [0.5, 0.6) is 0 Å². The number of methoxy groups -OCH3 is 1. The number of aromatic nitrogens is 1. The van der Waals surface area contributed by atoms with E-state index in [0.717, 1.165) is 5.69 Å². The van der Waals surface area contributed by atoms with Gasteiger partial charge in [-0.05, 0) is 12.1 Å². The van der Waals surface area contributed by atoms with E-state index in [0.29, 0.717) is 13.2 Å². The highest BCUT2D eigenvalue weighted by Gasteiger charge is 2.09. The van der Waals surface area contributed by atoms with Crippen molar-refractivity contribution in [1.82, 2.24) is 4.98 Å². The molecule has 0 aromatic carbocycles. The molecule has 1 aromatic heterocycles. The number of hydrogen-bond acceptors (Lipinski definition) is 3. The lowest BCUT2D eigenvalue weighted by Crippen LogP contribution is -2.18. The van der Waals surface area contributed by atoms with E-state index in [2.05, 4.69) is 4.98 Å². The zero-order chi connectivity index (χ0) is 8.81. The summed E-state index contributed by atoms with van der Waals surface area (Å²) in [5.74, 6) is 0.219. The van der Waals surface area contributed by atoms with Crippen LogP contribution in [0.2, 0.25) is 0 Å². The van der Waals surface area contributed by atoms with Crippen molar-refractivity contribution in [2.45, 2.75) is 5.92 Å². The zero-order valence-corrected chi connectivity index (χ0v) is 7.23. The lowest BCUT2D eigenvalue weighted by Gasteiger charge is -2.11. The van der Waals surface area contributed by atoms with Gasteiger partial charge in [-0.3, -0.25) is 4.98 Å². The molecular formula is C9H14N2O. The molecule has 1 heterocycles. The molecule has 3 heteroatoms. The molecule has 12 heavy (non-hydrogen) atoms. The van der Waals surface area contributed by atoms with E-state index in [-0.39, 0.29) is 5.92 Å². The molecule has 0 fully saturated rings. The fourth-order valence-corrected chi connectivity index (χ4v) is 1.09. The van der Waals surface area contributed by atoms with Crippen LogP contribution in [0.15, 0.2) is 24.4 Å². The predicted octanol–water partition coefficient (Wildman–Crippen LogP) is 0.770. The van der Waals surface area contributed by atoms with Gasteiger partial charge in [0.2, 0.25) is 0 Å². The Hall–Kier alpha value is -0.930. The van der Waals surface area contributed by atoms with Gasteiger partial charge in [-0.15, -0.1) is 0 Å². The Bertz CT molecular complexity index is 213. The van der Waals surface area contributed by atoms with Crippen LogP contribution in [-0.2, 0) is 4.74 Å². The monoisotopic (exact) mass is 166 g/mol. The second-order valence-corrected chi connectivity index (χ2v) is 2.64. The second-order valence-electron chi connectivity index (χ2n) is 2.64. The van der Waals surface area contributed by atoms with Crippen LogP contribution in [0.3, 0.4) is 0 Å². The number of nitrogens with two attached hydrogens (primary N) is 1. The molecular weight excluding hydrogens is 152 g/mol. The first kappa shape index (κ1) is 9.16. The molecule has 2 N–H and O–H groups in total. The standard InChI is InChI=1S/C9H14N2O/c1-12-7-8(6-10)9-4-2-3-5-11-9/h2-5,8H,6-7,10H2,1H3. The Morgan fingerprint density at radius 1 is 1.58 bits per heavy atom. The molecule has 0 aliphatic rings. The quantitative estimate of drug-likeness (QED) is 0.718. The zero-order valence-electron chi connectivity index (χ0n) is 7.23. The minimum atomic E-state index is 0.219. The molecule has 0 spiro atoms. The molecule has 0 aliphatic carbocycles. The highest BCUT2D eigenvalue weighted by Crippen LogP contribution is 2.10. The lowest BCUT2D eigenvalue weighted by atomic mass is 10.1. The van der Waals surface area contributed by atoms with Gasteiger partial charge >= 0.3 is 0 Å². The summed E-state index contributed by atoms with van der Waals surface area (Å²) in [4.78, 5) is 4.21. The Morgan fingerprint density at radius 2 is 2.42 bits per heavy atom. The minimum Gasteiger partial charge on any atom is -0.384 e. The van der Waals surface area contributed by atoms with Gasteiger partial charge in [0.05, 0.1) is 6.61 Å². The Labute approximate surface area is 72.6 Å². The van der Waals surface area contributed by atoms with Gasteiger partial charge in [-0.25, -0.2) is 0 Å². The van der Waals surface area contributed by atoms with E-state index < -0.39 is 0 Å². The molecule has 0 amide bonds. The van der Waals surface area contributed by atoms with Crippen LogP contribution < -0.4 is 5.73 Å². The summed E-state index contributed by atoms with van der Waals surface area (Å²) in [7, 11) is 1.67. The Morgan fingerprint density at radius 3 is 2.92 bits per heavy atom. The molecule has 1 unspecified atom stereocenters. The van der Waals surface area contributed by atoms with E-state index in [9.17, 15) is 0 Å². The SMILES string of the molecule is COCC(CN)c1ccccn1. The minimum absolute atomic E-state index is 0.219. The van der Waals surface area contributed by atoms with E-state index in [1.54, 1.807) is 13.3 Å². The maximum atomic E-state index is 5.57. The van der Waals surface area contributed by atoms with Crippen molar-refractivity contribution in [2.24, 2.45) is 5.73 Å². The van der Waals surface area contributed by atoms with Crippen molar-refractivity contribution in [2.75, 3.05) is 20.3 Å². The average molecular weight is 166 g/mol. The van der Waals surface area contributed by atoms with Crippen LogP contribution in [0.1, 0.15) is 11.6 Å². The third kappa shape index (κ3) is 2.29. The van der Waals surface area contributed by atoms with E-state index in [1.165, 1.54) is 0 Å². The molecule has 0 saturated carbocycles. The van der Waals surface area contributed by atoms with Gasteiger partial charge in [0.25, 0.3) is 0 Å². The highest BCUT2D eigenvalue weighted by molar-refractivity contribution is 5.09. The largest absolute Gasteiger partial charge is 0.384 e. The Balaban J connectivity index is 2.66. The van der Waals surface area contributed by atoms with Gasteiger partial charge < -0.3 is 10.5 Å². The first-order valence-electron chi connectivity index (χ1n) is 3.98. The first-order valence-corrected chi connectivity index (χ1v) is 3.98. The summed E-state index contributed by atoms with van der Waals surface area (Å²) < 4.78 is 5.03. The van der Waals surface area contributed by atoms with E-state index in [4.69, 9.17) is 10.5 Å². The average Bonchev–Trinajstić information content (AvgIpc) is 2.15. The summed E-state index contributed by atoms with van der Waals surface area (Å²) in [6.45, 7) is 1.21. The van der Waals surface area contributed by atoms with Crippen molar-refractivity contribution in [1.29, 1.82) is 0 Å². The maximum absolute atomic E-state index is 5.57. The van der Waals surface area contributed by atoms with Crippen molar-refractivity contribution in [3.8, 4) is 0 Å². The van der Waals surface area contributed by atoms with Gasteiger partial charge in [-0.2, -0.15) is 0 Å². The molecule has 1 rings (SSSR count). The van der Waals surface area contributed by atoms with Crippen LogP contribution in [0, 0.1) is 0 Å². The van der Waals surface area contributed by atoms with Gasteiger partial charge in [0, 0.05) is 31.5 Å². The van der Waals surface area contributed by atoms with Crippen molar-refractivity contribution >= 4 is 0 Å². The second kappa shape index (κ2) is 4.85. The molecule has 0 bridgehead atoms. The molecule has 66 valence electrons. The van der Waals surface area contributed by atoms with Crippen molar-refractivity contribution < 1.29 is 4.74 Å². The maximum Gasteiger partial charge on any atom is 0.0558 e. The van der Waals surface area contributed by atoms with E-state index >= 15 is 0 Å². The normalized spacial score (nSPS) is 12.8. The Kier molecular flexibility index (Phi) is 3.70. The smallest absolute Gasteiger partial charge is 0.0558 e. The molecule has 0 aliphatic heterocycles. The highest BCUT2D eigenvalue weighted by atomic mass is 16.5. The summed E-state index contributed by atoms with van der Waals surface area (Å²) in [6.07, 6.45) is 1.77. The number of ether oxygens (including phenoxy) is 1. The van der Waals surface area contributed by atoms with Crippen molar-refractivity contribution in [3.63, 3.8) is 0 Å². The number of nitrogens with zero attached hydrogens (tertiary/aromatic N) is 1. The van der Waals surface area contributed by atoms with Gasteiger partial charge in [0.15, 0.2) is 0 Å². The van der Waals surface area contributed by atoms with Gasteiger partial charge in [-0.1, -0.05) is 6.07 Å². The summed E-state index contributed by atoms with van der Waals surface area (Å²) in [6, 6.07) is 5.82. The lowest BCUT2D eigenvalue weighted by molar-refractivity contribution is 0.180. The molecule has 1 atom stereocenters. The molecule has 3 nitrogen and oxygen atoms in total. The fourth-order valence-electron chi connectivity index (χ4n) is 1.09.